The van der Waals surface area contributed by atoms with Gasteiger partial charge in [0, 0.05) is 18.5 Å². The third kappa shape index (κ3) is 2.79. The number of nitro benzene ring substituents is 1. The molecular formula is C16H16N2O5S. The minimum absolute atomic E-state index is 0.106. The maximum Gasteiger partial charge on any atom is 0.289 e. The third-order valence-electron chi connectivity index (χ3n) is 4.19. The molecule has 0 aromatic heterocycles. The number of aliphatic hydroxyl groups is 1. The molecule has 2 aromatic carbocycles. The highest BCUT2D eigenvalue weighted by atomic mass is 32.2. The zero-order valence-corrected chi connectivity index (χ0v) is 13.5. The molecule has 0 amide bonds. The van der Waals surface area contributed by atoms with Crippen molar-refractivity contribution in [1.82, 2.24) is 4.31 Å². The standard InChI is InChI=1S/C16H16N2O5S/c19-16-13(12-6-2-1-3-7-12)10-11-17(16)24(22,23)15-9-5-4-8-14(15)18(20)21/h1-9,13,16,19H,10-11H2. The molecule has 24 heavy (non-hydrogen) atoms. The van der Waals surface area contributed by atoms with Crippen LogP contribution in [-0.2, 0) is 10.0 Å². The monoisotopic (exact) mass is 348 g/mol. The number of benzene rings is 2. The summed E-state index contributed by atoms with van der Waals surface area (Å²) in [6, 6.07) is 14.3. The number of aliphatic hydroxyl groups excluding tert-OH is 1. The molecule has 2 atom stereocenters. The van der Waals surface area contributed by atoms with Crippen LogP contribution < -0.4 is 0 Å². The molecule has 0 spiro atoms. The lowest BCUT2D eigenvalue weighted by atomic mass is 9.97. The summed E-state index contributed by atoms with van der Waals surface area (Å²) in [6.07, 6.45) is -0.803. The molecule has 0 saturated carbocycles. The molecule has 1 aliphatic heterocycles. The lowest BCUT2D eigenvalue weighted by molar-refractivity contribution is -0.387. The molecule has 1 heterocycles. The Morgan fingerprint density at radius 2 is 1.71 bits per heavy atom. The van der Waals surface area contributed by atoms with E-state index < -0.39 is 31.8 Å². The average Bonchev–Trinajstić information content (AvgIpc) is 2.98. The van der Waals surface area contributed by atoms with Crippen LogP contribution in [0.5, 0.6) is 0 Å². The van der Waals surface area contributed by atoms with Gasteiger partial charge in [-0.3, -0.25) is 10.1 Å². The van der Waals surface area contributed by atoms with Crippen molar-refractivity contribution in [2.24, 2.45) is 0 Å². The fraction of sp³-hybridized carbons (Fsp3) is 0.250. The van der Waals surface area contributed by atoms with E-state index in [2.05, 4.69) is 0 Å². The molecule has 126 valence electrons. The Morgan fingerprint density at radius 3 is 2.38 bits per heavy atom. The predicted molar refractivity (Wildman–Crippen MR) is 86.8 cm³/mol. The largest absolute Gasteiger partial charge is 0.377 e. The van der Waals surface area contributed by atoms with Gasteiger partial charge >= 0.3 is 0 Å². The first kappa shape index (κ1) is 16.6. The third-order valence-corrected chi connectivity index (χ3v) is 6.11. The van der Waals surface area contributed by atoms with Crippen molar-refractivity contribution in [3.63, 3.8) is 0 Å². The topological polar surface area (TPSA) is 101 Å². The highest BCUT2D eigenvalue weighted by molar-refractivity contribution is 7.89. The first-order chi connectivity index (χ1) is 11.4. The van der Waals surface area contributed by atoms with Crippen molar-refractivity contribution < 1.29 is 18.4 Å². The summed E-state index contributed by atoms with van der Waals surface area (Å²) in [4.78, 5) is 9.98. The van der Waals surface area contributed by atoms with Crippen molar-refractivity contribution in [3.05, 3.63) is 70.3 Å². The minimum atomic E-state index is -4.16. The number of nitrogens with zero attached hydrogens (tertiary/aromatic N) is 2. The van der Waals surface area contributed by atoms with Gasteiger partial charge in [-0.1, -0.05) is 42.5 Å². The van der Waals surface area contributed by atoms with Crippen LogP contribution in [0, 0.1) is 10.1 Å². The molecule has 2 unspecified atom stereocenters. The molecular weight excluding hydrogens is 332 g/mol. The Bertz CT molecular complexity index is 854. The van der Waals surface area contributed by atoms with Gasteiger partial charge in [-0.15, -0.1) is 0 Å². The van der Waals surface area contributed by atoms with Crippen molar-refractivity contribution >= 4 is 15.7 Å². The zero-order chi connectivity index (χ0) is 17.3. The lowest BCUT2D eigenvalue weighted by Gasteiger charge is -2.23. The first-order valence-electron chi connectivity index (χ1n) is 7.41. The second kappa shape index (κ2) is 6.31. The summed E-state index contributed by atoms with van der Waals surface area (Å²) >= 11 is 0. The van der Waals surface area contributed by atoms with Gasteiger partial charge in [0.1, 0.15) is 6.23 Å². The van der Waals surface area contributed by atoms with Crippen LogP contribution in [0.15, 0.2) is 59.5 Å². The molecule has 0 radical (unpaired) electrons. The summed E-state index contributed by atoms with van der Waals surface area (Å²) in [5.41, 5.74) is 0.345. The van der Waals surface area contributed by atoms with Crippen molar-refractivity contribution in [1.29, 1.82) is 0 Å². The Hall–Kier alpha value is -2.29. The maximum atomic E-state index is 12.8. The van der Waals surface area contributed by atoms with E-state index in [1.54, 1.807) is 0 Å². The van der Waals surface area contributed by atoms with E-state index >= 15 is 0 Å². The van der Waals surface area contributed by atoms with Crippen LogP contribution in [-0.4, -0.2) is 35.5 Å². The number of sulfonamides is 1. The van der Waals surface area contributed by atoms with Gasteiger partial charge in [0.25, 0.3) is 15.7 Å². The van der Waals surface area contributed by atoms with Gasteiger partial charge < -0.3 is 5.11 Å². The quantitative estimate of drug-likeness (QED) is 0.673. The molecule has 8 heteroatoms. The van der Waals surface area contributed by atoms with Gasteiger partial charge in [-0.2, -0.15) is 4.31 Å². The molecule has 2 aromatic rings. The molecule has 7 nitrogen and oxygen atoms in total. The number of para-hydroxylation sites is 1. The molecule has 1 aliphatic rings. The first-order valence-corrected chi connectivity index (χ1v) is 8.85. The fourth-order valence-electron chi connectivity index (χ4n) is 3.00. The van der Waals surface area contributed by atoms with Gasteiger partial charge in [0.15, 0.2) is 4.90 Å². The summed E-state index contributed by atoms with van der Waals surface area (Å²) in [5, 5.41) is 21.6. The number of rotatable bonds is 4. The lowest BCUT2D eigenvalue weighted by Crippen LogP contribution is -2.37. The average molecular weight is 348 g/mol. The highest BCUT2D eigenvalue weighted by Crippen LogP contribution is 2.37. The van der Waals surface area contributed by atoms with E-state index in [-0.39, 0.29) is 12.5 Å². The van der Waals surface area contributed by atoms with Crippen LogP contribution in [0.4, 0.5) is 5.69 Å². The predicted octanol–water partition coefficient (Wildman–Crippen LogP) is 2.09. The molecule has 1 saturated heterocycles. The van der Waals surface area contributed by atoms with Crippen LogP contribution >= 0.6 is 0 Å². The van der Waals surface area contributed by atoms with Crippen molar-refractivity contribution in [2.45, 2.75) is 23.5 Å². The summed E-state index contributed by atoms with van der Waals surface area (Å²) in [5.74, 6) is -0.358. The molecule has 0 aliphatic carbocycles. The van der Waals surface area contributed by atoms with Gasteiger partial charge in [0.05, 0.1) is 4.92 Å². The van der Waals surface area contributed by atoms with Crippen LogP contribution in [0.2, 0.25) is 0 Å². The van der Waals surface area contributed by atoms with Crippen molar-refractivity contribution in [3.8, 4) is 0 Å². The molecule has 3 rings (SSSR count). The molecule has 0 bridgehead atoms. The summed E-state index contributed by atoms with van der Waals surface area (Å²) in [7, 11) is -4.16. The van der Waals surface area contributed by atoms with Crippen molar-refractivity contribution in [2.75, 3.05) is 6.54 Å². The van der Waals surface area contributed by atoms with Gasteiger partial charge in [-0.05, 0) is 18.1 Å². The smallest absolute Gasteiger partial charge is 0.289 e. The molecule has 1 N–H and O–H groups in total. The summed E-state index contributed by atoms with van der Waals surface area (Å²) in [6.45, 7) is 0.106. The number of nitro groups is 1. The fourth-order valence-corrected chi connectivity index (χ4v) is 4.69. The van der Waals surface area contributed by atoms with Gasteiger partial charge in [0.2, 0.25) is 0 Å². The van der Waals surface area contributed by atoms with E-state index in [0.29, 0.717) is 6.42 Å². The van der Waals surface area contributed by atoms with Crippen LogP contribution in [0.25, 0.3) is 0 Å². The van der Waals surface area contributed by atoms with Crippen LogP contribution in [0.3, 0.4) is 0 Å². The number of hydrogen-bond acceptors (Lipinski definition) is 5. The van der Waals surface area contributed by atoms with E-state index in [1.807, 2.05) is 30.3 Å². The normalized spacial score (nSPS) is 21.7. The second-order valence-electron chi connectivity index (χ2n) is 5.56. The molecule has 1 fully saturated rings. The van der Waals surface area contributed by atoms with Crippen LogP contribution in [0.1, 0.15) is 17.9 Å². The maximum absolute atomic E-state index is 12.8. The summed E-state index contributed by atoms with van der Waals surface area (Å²) < 4.78 is 26.6. The number of hydrogen-bond donors (Lipinski definition) is 1. The highest BCUT2D eigenvalue weighted by Gasteiger charge is 2.43. The second-order valence-corrected chi connectivity index (χ2v) is 7.42. The Morgan fingerprint density at radius 1 is 1.08 bits per heavy atom. The van der Waals surface area contributed by atoms with E-state index in [1.165, 1.54) is 18.2 Å². The Balaban J connectivity index is 1.96. The Kier molecular flexibility index (Phi) is 4.35. The zero-order valence-electron chi connectivity index (χ0n) is 12.6. The SMILES string of the molecule is O=[N+]([O-])c1ccccc1S(=O)(=O)N1CCC(c2ccccc2)C1O. The Labute approximate surface area is 139 Å². The minimum Gasteiger partial charge on any atom is -0.377 e. The van der Waals surface area contributed by atoms with E-state index in [9.17, 15) is 23.6 Å². The van der Waals surface area contributed by atoms with Gasteiger partial charge in [-0.25, -0.2) is 8.42 Å². The van der Waals surface area contributed by atoms with E-state index in [4.69, 9.17) is 0 Å². The van der Waals surface area contributed by atoms with E-state index in [0.717, 1.165) is 15.9 Å².